The molecule has 6 nitrogen and oxygen atoms in total. The Morgan fingerprint density at radius 1 is 1.38 bits per heavy atom. The second kappa shape index (κ2) is 6.05. The van der Waals surface area contributed by atoms with Gasteiger partial charge in [0.25, 0.3) is 0 Å². The van der Waals surface area contributed by atoms with Crippen molar-refractivity contribution in [3.8, 4) is 11.5 Å². The van der Waals surface area contributed by atoms with Crippen LogP contribution < -0.4 is 11.1 Å². The first kappa shape index (κ1) is 13.8. The van der Waals surface area contributed by atoms with Crippen molar-refractivity contribution >= 4 is 11.6 Å². The van der Waals surface area contributed by atoms with Crippen LogP contribution >= 0.6 is 0 Å². The van der Waals surface area contributed by atoms with Gasteiger partial charge in [-0.15, -0.1) is 10.2 Å². The van der Waals surface area contributed by atoms with Crippen molar-refractivity contribution in [3.63, 3.8) is 0 Å². The molecule has 0 saturated heterocycles. The van der Waals surface area contributed by atoms with Gasteiger partial charge in [0.2, 0.25) is 18.2 Å². The van der Waals surface area contributed by atoms with Crippen LogP contribution in [0.1, 0.15) is 25.7 Å². The first-order valence-electron chi connectivity index (χ1n) is 7.15. The number of rotatable bonds is 3. The molecule has 2 aromatic rings. The van der Waals surface area contributed by atoms with Crippen molar-refractivity contribution in [2.24, 2.45) is 11.7 Å². The molecule has 1 fully saturated rings. The van der Waals surface area contributed by atoms with E-state index in [-0.39, 0.29) is 17.9 Å². The van der Waals surface area contributed by atoms with Crippen molar-refractivity contribution in [2.75, 3.05) is 5.32 Å². The molecule has 21 heavy (non-hydrogen) atoms. The lowest BCUT2D eigenvalue weighted by Crippen LogP contribution is -2.34. The summed E-state index contributed by atoms with van der Waals surface area (Å²) >= 11 is 0. The molecule has 0 spiro atoms. The topological polar surface area (TPSA) is 94.0 Å². The zero-order valence-electron chi connectivity index (χ0n) is 11.7. The third-order valence-electron chi connectivity index (χ3n) is 3.82. The summed E-state index contributed by atoms with van der Waals surface area (Å²) in [6.07, 6.45) is 4.97. The monoisotopic (exact) mass is 286 g/mol. The molecule has 1 heterocycles. The maximum absolute atomic E-state index is 12.3. The van der Waals surface area contributed by atoms with Gasteiger partial charge in [-0.1, -0.05) is 12.5 Å². The number of carbonyl (C=O) groups excluding carboxylic acids is 1. The minimum atomic E-state index is 0.000751. The third-order valence-corrected chi connectivity index (χ3v) is 3.82. The van der Waals surface area contributed by atoms with Gasteiger partial charge in [0.1, 0.15) is 0 Å². The van der Waals surface area contributed by atoms with E-state index >= 15 is 0 Å². The molecule has 1 aromatic carbocycles. The molecule has 1 saturated carbocycles. The third kappa shape index (κ3) is 3.28. The van der Waals surface area contributed by atoms with Crippen LogP contribution in [0.5, 0.6) is 0 Å². The Hall–Kier alpha value is -2.21. The van der Waals surface area contributed by atoms with Gasteiger partial charge in [0.05, 0.1) is 0 Å². The van der Waals surface area contributed by atoms with E-state index in [9.17, 15) is 4.79 Å². The number of anilines is 1. The molecule has 110 valence electrons. The van der Waals surface area contributed by atoms with Crippen molar-refractivity contribution in [2.45, 2.75) is 31.7 Å². The predicted molar refractivity (Wildman–Crippen MR) is 78.3 cm³/mol. The van der Waals surface area contributed by atoms with Crippen LogP contribution in [0, 0.1) is 5.92 Å². The van der Waals surface area contributed by atoms with Crippen LogP contribution in [-0.2, 0) is 4.79 Å². The van der Waals surface area contributed by atoms with Crippen molar-refractivity contribution < 1.29 is 9.21 Å². The van der Waals surface area contributed by atoms with Gasteiger partial charge in [-0.3, -0.25) is 4.79 Å². The predicted octanol–water partition coefficient (Wildman–Crippen LogP) is 2.19. The number of hydrogen-bond acceptors (Lipinski definition) is 5. The quantitative estimate of drug-likeness (QED) is 0.902. The Kier molecular flexibility index (Phi) is 3.96. The van der Waals surface area contributed by atoms with Crippen LogP contribution in [0.25, 0.3) is 11.5 Å². The summed E-state index contributed by atoms with van der Waals surface area (Å²) in [5, 5.41) is 10.5. The zero-order chi connectivity index (χ0) is 14.7. The summed E-state index contributed by atoms with van der Waals surface area (Å²) in [6.45, 7) is 0. The highest BCUT2D eigenvalue weighted by Crippen LogP contribution is 2.25. The van der Waals surface area contributed by atoms with Crippen molar-refractivity contribution in [1.29, 1.82) is 0 Å². The summed E-state index contributed by atoms with van der Waals surface area (Å²) in [5.74, 6) is 0.472. The molecule has 3 rings (SSSR count). The Labute approximate surface area is 122 Å². The van der Waals surface area contributed by atoms with Gasteiger partial charge in [-0.25, -0.2) is 0 Å². The Balaban J connectivity index is 1.70. The van der Waals surface area contributed by atoms with E-state index in [0.29, 0.717) is 5.89 Å². The van der Waals surface area contributed by atoms with Crippen LogP contribution in [0.2, 0.25) is 0 Å². The van der Waals surface area contributed by atoms with E-state index in [0.717, 1.165) is 36.9 Å². The largest absolute Gasteiger partial charge is 0.423 e. The highest BCUT2D eigenvalue weighted by molar-refractivity contribution is 5.93. The van der Waals surface area contributed by atoms with Gasteiger partial charge in [-0.05, 0) is 37.5 Å². The molecule has 2 unspecified atom stereocenters. The van der Waals surface area contributed by atoms with Crippen LogP contribution in [-0.4, -0.2) is 22.1 Å². The molecule has 6 heteroatoms. The lowest BCUT2D eigenvalue weighted by molar-refractivity contribution is -0.120. The summed E-state index contributed by atoms with van der Waals surface area (Å²) < 4.78 is 5.16. The van der Waals surface area contributed by atoms with Gasteiger partial charge in [-0.2, -0.15) is 0 Å². The fraction of sp³-hybridized carbons (Fsp3) is 0.400. The fourth-order valence-corrected chi connectivity index (χ4v) is 2.74. The van der Waals surface area contributed by atoms with Gasteiger partial charge >= 0.3 is 0 Å². The van der Waals surface area contributed by atoms with Crippen LogP contribution in [0.3, 0.4) is 0 Å². The maximum Gasteiger partial charge on any atom is 0.247 e. The maximum atomic E-state index is 12.3. The van der Waals surface area contributed by atoms with E-state index in [1.165, 1.54) is 6.39 Å². The molecule has 1 amide bonds. The standard InChI is InChI=1S/C15H18N4O2/c16-12-5-1-3-10(7-12)14(20)18-13-6-2-4-11(8-13)15-19-17-9-21-15/h2,4,6,8-10,12H,1,3,5,7,16H2,(H,18,20). The average Bonchev–Trinajstić information content (AvgIpc) is 3.02. The molecule has 0 bridgehead atoms. The first-order valence-corrected chi connectivity index (χ1v) is 7.15. The first-order chi connectivity index (χ1) is 10.2. The molecule has 0 aliphatic heterocycles. The number of nitrogens with zero attached hydrogens (tertiary/aromatic N) is 2. The number of aromatic nitrogens is 2. The molecule has 1 aromatic heterocycles. The molecule has 2 atom stereocenters. The van der Waals surface area contributed by atoms with E-state index < -0.39 is 0 Å². The molecule has 1 aliphatic rings. The van der Waals surface area contributed by atoms with Gasteiger partial charge in [0.15, 0.2) is 0 Å². The molecule has 3 N–H and O–H groups in total. The normalized spacial score (nSPS) is 22.0. The van der Waals surface area contributed by atoms with E-state index in [4.69, 9.17) is 10.2 Å². The SMILES string of the molecule is NC1CCCC(C(=O)Nc2cccc(-c3nnco3)c2)C1. The lowest BCUT2D eigenvalue weighted by atomic mass is 9.85. The fourth-order valence-electron chi connectivity index (χ4n) is 2.74. The summed E-state index contributed by atoms with van der Waals surface area (Å²) in [4.78, 5) is 12.3. The van der Waals surface area contributed by atoms with E-state index in [1.807, 2.05) is 24.3 Å². The number of nitrogens with one attached hydrogen (secondary N) is 1. The lowest BCUT2D eigenvalue weighted by Gasteiger charge is -2.25. The minimum absolute atomic E-state index is 0.000751. The van der Waals surface area contributed by atoms with Gasteiger partial charge < -0.3 is 15.5 Å². The van der Waals surface area contributed by atoms with Crippen molar-refractivity contribution in [3.05, 3.63) is 30.7 Å². The highest BCUT2D eigenvalue weighted by Gasteiger charge is 2.25. The van der Waals surface area contributed by atoms with E-state index in [1.54, 1.807) is 0 Å². The highest BCUT2D eigenvalue weighted by atomic mass is 16.4. The molecule has 1 aliphatic carbocycles. The van der Waals surface area contributed by atoms with E-state index in [2.05, 4.69) is 15.5 Å². The molecular weight excluding hydrogens is 268 g/mol. The Bertz CT molecular complexity index is 612. The number of carbonyl (C=O) groups is 1. The average molecular weight is 286 g/mol. The number of amides is 1. The second-order valence-corrected chi connectivity index (χ2v) is 5.44. The molecule has 0 radical (unpaired) electrons. The van der Waals surface area contributed by atoms with Crippen LogP contribution in [0.4, 0.5) is 5.69 Å². The second-order valence-electron chi connectivity index (χ2n) is 5.44. The van der Waals surface area contributed by atoms with Crippen LogP contribution in [0.15, 0.2) is 35.1 Å². The van der Waals surface area contributed by atoms with Gasteiger partial charge in [0, 0.05) is 23.2 Å². The Morgan fingerprint density at radius 3 is 3.05 bits per heavy atom. The smallest absolute Gasteiger partial charge is 0.247 e. The Morgan fingerprint density at radius 2 is 2.29 bits per heavy atom. The number of benzene rings is 1. The summed E-state index contributed by atoms with van der Waals surface area (Å²) in [5.41, 5.74) is 7.45. The van der Waals surface area contributed by atoms with Crippen molar-refractivity contribution in [1.82, 2.24) is 10.2 Å². The summed E-state index contributed by atoms with van der Waals surface area (Å²) in [7, 11) is 0. The number of hydrogen-bond donors (Lipinski definition) is 2. The number of nitrogens with two attached hydrogens (primary N) is 1. The minimum Gasteiger partial charge on any atom is -0.423 e. The summed E-state index contributed by atoms with van der Waals surface area (Å²) in [6, 6.07) is 7.52. The molecular formula is C15H18N4O2. The zero-order valence-corrected chi connectivity index (χ0v) is 11.7.